The van der Waals surface area contributed by atoms with Crippen LogP contribution in [0.5, 0.6) is 0 Å². The minimum Gasteiger partial charge on any atom is -0.453 e. The van der Waals surface area contributed by atoms with E-state index in [1.165, 1.54) is 13.2 Å². The molecule has 0 bridgehead atoms. The number of fused-ring (bicyclic) bond motifs is 1. The molecule has 13 nitrogen and oxygen atoms in total. The molecule has 4 atom stereocenters. The summed E-state index contributed by atoms with van der Waals surface area (Å²) in [5.41, 5.74) is 11.6. The molecule has 3 aromatic heterocycles. The predicted molar refractivity (Wildman–Crippen MR) is 216 cm³/mol. The Kier molecular flexibility index (Phi) is 10.7. The number of ether oxygens (including phenoxy) is 1. The molecule has 14 heteroatoms. The van der Waals surface area contributed by atoms with Crippen LogP contribution in [0.1, 0.15) is 67.4 Å². The van der Waals surface area contributed by atoms with E-state index in [2.05, 4.69) is 35.9 Å². The van der Waals surface area contributed by atoms with Gasteiger partial charge in [-0.1, -0.05) is 48.5 Å². The van der Waals surface area contributed by atoms with Gasteiger partial charge in [0.2, 0.25) is 11.8 Å². The summed E-state index contributed by atoms with van der Waals surface area (Å²) < 4.78 is 20.5. The number of carbonyl (C=O) groups excluding carboxylic acids is 3. The smallest absolute Gasteiger partial charge is 0.407 e. The Morgan fingerprint density at radius 3 is 2.17 bits per heavy atom. The van der Waals surface area contributed by atoms with E-state index in [1.54, 1.807) is 34.3 Å². The normalized spacial score (nSPS) is 17.6. The lowest BCUT2D eigenvalue weighted by atomic mass is 10.0. The molecule has 3 amide bonds. The molecule has 0 aliphatic carbocycles. The Bertz CT molecular complexity index is 2530. The van der Waals surface area contributed by atoms with E-state index in [-0.39, 0.29) is 30.3 Å². The molecule has 5 heterocycles. The fraction of sp³-hybridized carbons (Fsp3) is 0.273. The van der Waals surface area contributed by atoms with E-state index in [0.717, 1.165) is 41.5 Å². The predicted octanol–water partition coefficient (Wildman–Crippen LogP) is 6.60. The number of benzene rings is 3. The minimum atomic E-state index is -0.903. The summed E-state index contributed by atoms with van der Waals surface area (Å²) in [6, 6.07) is 21.6. The van der Waals surface area contributed by atoms with Crippen molar-refractivity contribution in [2.75, 3.05) is 20.2 Å². The first-order valence-electron chi connectivity index (χ1n) is 19.2. The molecule has 0 saturated carbocycles. The molecule has 58 heavy (non-hydrogen) atoms. The van der Waals surface area contributed by atoms with Crippen molar-refractivity contribution in [3.8, 4) is 46.1 Å². The Hall–Kier alpha value is -6.85. The van der Waals surface area contributed by atoms with Crippen molar-refractivity contribution in [2.24, 2.45) is 5.73 Å². The monoisotopic (exact) mass is 779 g/mol. The Morgan fingerprint density at radius 1 is 0.897 bits per heavy atom. The first-order valence-corrected chi connectivity index (χ1v) is 19.2. The summed E-state index contributed by atoms with van der Waals surface area (Å²) in [6.45, 7) is 1.10. The van der Waals surface area contributed by atoms with Crippen LogP contribution >= 0.6 is 0 Å². The van der Waals surface area contributed by atoms with Gasteiger partial charge in [-0.15, -0.1) is 12.3 Å². The van der Waals surface area contributed by atoms with Crippen molar-refractivity contribution in [1.29, 1.82) is 0 Å². The molecule has 2 aliphatic rings. The number of amides is 3. The molecule has 0 spiro atoms. The lowest BCUT2D eigenvalue weighted by Gasteiger charge is -2.27. The van der Waals surface area contributed by atoms with Crippen molar-refractivity contribution in [3.05, 3.63) is 114 Å². The molecule has 8 rings (SSSR count). The summed E-state index contributed by atoms with van der Waals surface area (Å²) in [5, 5.41) is 3.40. The molecule has 3 aromatic carbocycles. The number of pyridine rings is 1. The summed E-state index contributed by atoms with van der Waals surface area (Å²) in [4.78, 5) is 62.9. The van der Waals surface area contributed by atoms with Gasteiger partial charge < -0.3 is 35.6 Å². The number of terminal acetylenes is 1. The molecular formula is C44H42FN9O4. The number of hydrogen-bond acceptors (Lipinski definition) is 8. The number of nitrogens with two attached hydrogens (primary N) is 1. The van der Waals surface area contributed by atoms with Crippen LogP contribution < -0.4 is 11.1 Å². The van der Waals surface area contributed by atoms with Gasteiger partial charge in [0.25, 0.3) is 0 Å². The minimum absolute atomic E-state index is 0.0363. The second-order valence-corrected chi connectivity index (χ2v) is 14.5. The highest BCUT2D eigenvalue weighted by Crippen LogP contribution is 2.36. The Balaban J connectivity index is 0.958. The van der Waals surface area contributed by atoms with Crippen LogP contribution in [0, 0.1) is 18.2 Å². The van der Waals surface area contributed by atoms with Gasteiger partial charge in [0.05, 0.1) is 54.2 Å². The van der Waals surface area contributed by atoms with Gasteiger partial charge in [-0.3, -0.25) is 9.59 Å². The number of imidazole rings is 2. The quantitative estimate of drug-likeness (QED) is 0.113. The van der Waals surface area contributed by atoms with Crippen molar-refractivity contribution in [3.63, 3.8) is 0 Å². The lowest BCUT2D eigenvalue weighted by Crippen LogP contribution is -2.48. The number of nitrogens with one attached hydrogen (secondary N) is 3. The molecule has 2 saturated heterocycles. The van der Waals surface area contributed by atoms with E-state index in [0.29, 0.717) is 59.2 Å². The van der Waals surface area contributed by atoms with Gasteiger partial charge in [-0.05, 0) is 61.6 Å². The number of nitrogens with zero attached hydrogens (tertiary/aromatic N) is 5. The second kappa shape index (κ2) is 16.3. The zero-order valence-corrected chi connectivity index (χ0v) is 31.8. The highest BCUT2D eigenvalue weighted by Gasteiger charge is 2.37. The van der Waals surface area contributed by atoms with Crippen LogP contribution in [0.15, 0.2) is 91.3 Å². The number of methoxy groups -OCH3 is 1. The summed E-state index contributed by atoms with van der Waals surface area (Å²) in [5.74, 6) is 2.86. The lowest BCUT2D eigenvalue weighted by molar-refractivity contribution is -0.134. The standard InChI is InChI=1S/C44H42FN9O4/c1-3-9-34(52-44(57)58-2)42(55)53-20-7-12-37(53)40-47-24-35(50-40)28-15-18-32-27(22-28)16-19-33(49-32)30-17-14-29(23-31(30)45)36-25-48-41(51-36)38-13-8-21-54(38)43(56)39(46)26-10-5-4-6-11-26/h1,4-6,10-11,14-19,22-25,34,37-39H,7-9,12-13,20-21,46H2,2H3,(H,47,50)(H,48,51)(H,52,57)/t34-,37-,38-,39+/m0/s1. The number of carbonyl (C=O) groups is 3. The SMILES string of the molecule is C#CC[C@H](NC(=O)OC)C(=O)N1CCC[C@H]1c1ncc(-c2ccc3nc(-c4ccc(-c5cnc([C@@H]6CCCN6C(=O)[C@H](N)c6ccccc6)[nH]5)cc4F)ccc3c2)[nH]1. The van der Waals surface area contributed by atoms with Crippen molar-refractivity contribution in [2.45, 2.75) is 56.3 Å². The average Bonchev–Trinajstić information content (AvgIpc) is 4.10. The first kappa shape index (κ1) is 38.0. The third-order valence-electron chi connectivity index (χ3n) is 11.0. The van der Waals surface area contributed by atoms with Crippen LogP contribution in [-0.2, 0) is 14.3 Å². The van der Waals surface area contributed by atoms with Crippen molar-refractivity contribution >= 4 is 28.8 Å². The van der Waals surface area contributed by atoms with Gasteiger partial charge in [-0.2, -0.15) is 0 Å². The van der Waals surface area contributed by atoms with Gasteiger partial charge in [0.1, 0.15) is 29.5 Å². The van der Waals surface area contributed by atoms with Crippen molar-refractivity contribution < 1.29 is 23.5 Å². The molecule has 2 aliphatic heterocycles. The third kappa shape index (κ3) is 7.51. The topological polar surface area (TPSA) is 175 Å². The zero-order valence-electron chi connectivity index (χ0n) is 31.8. The maximum Gasteiger partial charge on any atom is 0.407 e. The third-order valence-corrected chi connectivity index (χ3v) is 11.0. The van der Waals surface area contributed by atoms with E-state index < -0.39 is 24.0 Å². The van der Waals surface area contributed by atoms with E-state index >= 15 is 4.39 Å². The van der Waals surface area contributed by atoms with Gasteiger partial charge in [-0.25, -0.2) is 24.1 Å². The van der Waals surface area contributed by atoms with E-state index in [1.807, 2.05) is 60.7 Å². The summed E-state index contributed by atoms with van der Waals surface area (Å²) >= 11 is 0. The molecule has 6 aromatic rings. The van der Waals surface area contributed by atoms with Gasteiger partial charge in [0.15, 0.2) is 0 Å². The highest BCUT2D eigenvalue weighted by molar-refractivity contribution is 5.88. The zero-order chi connectivity index (χ0) is 40.3. The average molecular weight is 780 g/mol. The summed E-state index contributed by atoms with van der Waals surface area (Å²) in [6.07, 6.45) is 11.3. The van der Waals surface area contributed by atoms with Gasteiger partial charge in [0, 0.05) is 41.6 Å². The largest absolute Gasteiger partial charge is 0.453 e. The van der Waals surface area contributed by atoms with Crippen LogP contribution in [0.3, 0.4) is 0 Å². The number of rotatable bonds is 10. The maximum absolute atomic E-state index is 15.8. The Morgan fingerprint density at radius 2 is 1.53 bits per heavy atom. The fourth-order valence-corrected chi connectivity index (χ4v) is 7.97. The molecule has 2 fully saturated rings. The number of aromatic amines is 2. The van der Waals surface area contributed by atoms with Crippen LogP contribution in [0.2, 0.25) is 0 Å². The van der Waals surface area contributed by atoms with Crippen LogP contribution in [-0.4, -0.2) is 78.9 Å². The number of likely N-dealkylation sites (tertiary alicyclic amines) is 2. The molecule has 5 N–H and O–H groups in total. The van der Waals surface area contributed by atoms with Crippen molar-refractivity contribution in [1.82, 2.24) is 40.0 Å². The maximum atomic E-state index is 15.8. The molecule has 0 unspecified atom stereocenters. The number of alkyl carbamates (subject to hydrolysis) is 1. The Labute approximate surface area is 334 Å². The number of aromatic nitrogens is 5. The second-order valence-electron chi connectivity index (χ2n) is 14.5. The summed E-state index contributed by atoms with van der Waals surface area (Å²) in [7, 11) is 1.23. The van der Waals surface area contributed by atoms with E-state index in [4.69, 9.17) is 17.1 Å². The van der Waals surface area contributed by atoms with Gasteiger partial charge >= 0.3 is 6.09 Å². The first-order chi connectivity index (χ1) is 28.2. The fourth-order valence-electron chi connectivity index (χ4n) is 7.97. The molecule has 294 valence electrons. The number of halogens is 1. The highest BCUT2D eigenvalue weighted by atomic mass is 19.1. The number of H-pyrrole nitrogens is 2. The van der Waals surface area contributed by atoms with E-state index in [9.17, 15) is 14.4 Å². The number of hydrogen-bond donors (Lipinski definition) is 4. The molecular weight excluding hydrogens is 738 g/mol. The van der Waals surface area contributed by atoms with Crippen LogP contribution in [0.4, 0.5) is 9.18 Å². The van der Waals surface area contributed by atoms with Crippen LogP contribution in [0.25, 0.3) is 44.7 Å². The molecule has 0 radical (unpaired) electrons.